The van der Waals surface area contributed by atoms with Crippen LogP contribution in [-0.4, -0.2) is 44.6 Å². The van der Waals surface area contributed by atoms with Crippen LogP contribution in [0.25, 0.3) is 22.3 Å². The predicted molar refractivity (Wildman–Crippen MR) is 159 cm³/mol. The van der Waals surface area contributed by atoms with Crippen LogP contribution in [0, 0.1) is 11.7 Å². The van der Waals surface area contributed by atoms with E-state index in [4.69, 9.17) is 9.97 Å². The van der Waals surface area contributed by atoms with Crippen molar-refractivity contribution in [1.82, 2.24) is 24.8 Å². The summed E-state index contributed by atoms with van der Waals surface area (Å²) in [7, 11) is 0. The van der Waals surface area contributed by atoms with Gasteiger partial charge < -0.3 is 20.1 Å². The third kappa shape index (κ3) is 4.12. The fourth-order valence-electron chi connectivity index (χ4n) is 6.98. The van der Waals surface area contributed by atoms with Crippen molar-refractivity contribution >= 4 is 34.1 Å². The minimum Gasteiger partial charge on any atom is -0.336 e. The summed E-state index contributed by atoms with van der Waals surface area (Å²) < 4.78 is 16.7. The molecule has 8 nitrogen and oxygen atoms in total. The van der Waals surface area contributed by atoms with Crippen LogP contribution in [0.1, 0.15) is 64.5 Å². The number of fused-ring (bicyclic) bond motifs is 3. The third-order valence-electron chi connectivity index (χ3n) is 9.44. The van der Waals surface area contributed by atoms with E-state index in [9.17, 15) is 9.18 Å². The summed E-state index contributed by atoms with van der Waals surface area (Å²) in [5.74, 6) is 1.03. The van der Waals surface area contributed by atoms with E-state index in [0.717, 1.165) is 78.7 Å². The second-order valence-electron chi connectivity index (χ2n) is 12.1. The summed E-state index contributed by atoms with van der Waals surface area (Å²) in [6.45, 7) is 8.09. The van der Waals surface area contributed by atoms with Gasteiger partial charge in [-0.1, -0.05) is 25.5 Å². The summed E-state index contributed by atoms with van der Waals surface area (Å²) in [6.07, 6.45) is 9.46. The maximum Gasteiger partial charge on any atom is 0.238 e. The molecule has 2 fully saturated rings. The Kier molecular flexibility index (Phi) is 6.30. The summed E-state index contributed by atoms with van der Waals surface area (Å²) in [5, 5.41) is 6.65. The molecule has 2 aliphatic heterocycles. The van der Waals surface area contributed by atoms with Crippen LogP contribution < -0.4 is 15.5 Å². The molecule has 7 rings (SSSR count). The van der Waals surface area contributed by atoms with Gasteiger partial charge in [-0.2, -0.15) is 0 Å². The van der Waals surface area contributed by atoms with E-state index >= 15 is 0 Å². The Labute approximate surface area is 239 Å². The molecular formula is C32H36FN7O. The highest BCUT2D eigenvalue weighted by Gasteiger charge is 2.54. The lowest BCUT2D eigenvalue weighted by Crippen LogP contribution is -2.52. The van der Waals surface area contributed by atoms with Crippen LogP contribution in [0.4, 0.5) is 21.6 Å². The zero-order valence-electron chi connectivity index (χ0n) is 23.8. The molecule has 1 amide bonds. The first kappa shape index (κ1) is 26.1. The van der Waals surface area contributed by atoms with Crippen molar-refractivity contribution in [2.24, 2.45) is 5.92 Å². The van der Waals surface area contributed by atoms with E-state index in [1.54, 1.807) is 18.6 Å². The first-order chi connectivity index (χ1) is 19.9. The average molecular weight is 554 g/mol. The molecular weight excluding hydrogens is 517 g/mol. The van der Waals surface area contributed by atoms with Crippen LogP contribution in [-0.2, 0) is 10.2 Å². The van der Waals surface area contributed by atoms with Crippen LogP contribution >= 0.6 is 0 Å². The molecule has 41 heavy (non-hydrogen) atoms. The predicted octanol–water partition coefficient (Wildman–Crippen LogP) is 6.11. The number of nitrogens with zero attached hydrogens (tertiary/aromatic N) is 5. The van der Waals surface area contributed by atoms with Crippen LogP contribution in [0.3, 0.4) is 0 Å². The number of nitrogens with one attached hydrogen (secondary N) is 2. The minimum atomic E-state index is -0.451. The van der Waals surface area contributed by atoms with Crippen molar-refractivity contribution in [3.05, 3.63) is 60.4 Å². The minimum absolute atomic E-state index is 0.144. The van der Waals surface area contributed by atoms with Crippen LogP contribution in [0.15, 0.2) is 49.1 Å². The number of imidazole rings is 1. The molecule has 1 spiro atoms. The Hall–Kier alpha value is -3.85. The van der Waals surface area contributed by atoms with Crippen molar-refractivity contribution < 1.29 is 9.18 Å². The van der Waals surface area contributed by atoms with E-state index in [2.05, 4.69) is 59.5 Å². The maximum absolute atomic E-state index is 14.6. The number of anilines is 3. The largest absolute Gasteiger partial charge is 0.336 e. The molecule has 212 valence electrons. The molecule has 1 saturated carbocycles. The number of halogens is 1. The van der Waals surface area contributed by atoms with Crippen molar-refractivity contribution in [2.45, 2.75) is 70.4 Å². The Balaban J connectivity index is 1.35. The molecule has 1 saturated heterocycles. The van der Waals surface area contributed by atoms with Gasteiger partial charge in [-0.3, -0.25) is 9.78 Å². The first-order valence-corrected chi connectivity index (χ1v) is 14.8. The second-order valence-corrected chi connectivity index (χ2v) is 12.1. The molecule has 3 aromatic heterocycles. The lowest BCUT2D eigenvalue weighted by molar-refractivity contribution is -0.125. The molecule has 3 aliphatic rings. The zero-order valence-corrected chi connectivity index (χ0v) is 23.8. The molecule has 0 unspecified atom stereocenters. The van der Waals surface area contributed by atoms with E-state index in [0.29, 0.717) is 17.4 Å². The van der Waals surface area contributed by atoms with Gasteiger partial charge in [0.2, 0.25) is 5.91 Å². The molecule has 2 N–H and O–H groups in total. The van der Waals surface area contributed by atoms with Crippen LogP contribution in [0.5, 0.6) is 0 Å². The number of pyridine rings is 2. The fraction of sp³-hybridized carbons (Fsp3) is 0.438. The zero-order chi connectivity index (χ0) is 28.3. The van der Waals surface area contributed by atoms with E-state index in [-0.39, 0.29) is 18.0 Å². The van der Waals surface area contributed by atoms with Gasteiger partial charge in [-0.25, -0.2) is 14.4 Å². The smallest absolute Gasteiger partial charge is 0.238 e. The number of rotatable bonds is 6. The molecule has 0 bridgehead atoms. The van der Waals surface area contributed by atoms with Crippen LogP contribution in [0.2, 0.25) is 0 Å². The van der Waals surface area contributed by atoms with E-state index in [1.807, 2.05) is 10.6 Å². The highest BCUT2D eigenvalue weighted by molar-refractivity contribution is 6.09. The lowest BCUT2D eigenvalue weighted by atomic mass is 9.73. The molecule has 9 heteroatoms. The Morgan fingerprint density at radius 2 is 1.98 bits per heavy atom. The molecule has 1 aliphatic carbocycles. The second kappa shape index (κ2) is 9.91. The Morgan fingerprint density at radius 3 is 2.71 bits per heavy atom. The van der Waals surface area contributed by atoms with Gasteiger partial charge in [0.05, 0.1) is 34.8 Å². The summed E-state index contributed by atoms with van der Waals surface area (Å²) in [6, 6.07) is 10.4. The molecule has 4 aromatic rings. The van der Waals surface area contributed by atoms with Crippen molar-refractivity contribution in [3.63, 3.8) is 0 Å². The molecule has 0 radical (unpaired) electrons. The summed E-state index contributed by atoms with van der Waals surface area (Å²) in [4.78, 5) is 29.9. The van der Waals surface area contributed by atoms with Gasteiger partial charge in [-0.15, -0.1) is 0 Å². The number of benzene rings is 1. The molecule has 1 aromatic carbocycles. The first-order valence-electron chi connectivity index (χ1n) is 14.8. The van der Waals surface area contributed by atoms with Crippen molar-refractivity contribution in [3.8, 4) is 11.3 Å². The Bertz CT molecular complexity index is 1630. The fourth-order valence-corrected chi connectivity index (χ4v) is 6.98. The number of carbonyl (C=O) groups excluding carboxylic acids is 1. The third-order valence-corrected chi connectivity index (χ3v) is 9.44. The highest BCUT2D eigenvalue weighted by atomic mass is 19.1. The van der Waals surface area contributed by atoms with Crippen molar-refractivity contribution in [2.75, 3.05) is 23.3 Å². The maximum atomic E-state index is 14.6. The average Bonchev–Trinajstić information content (AvgIpc) is 3.48. The van der Waals surface area contributed by atoms with E-state index < -0.39 is 11.2 Å². The molecule has 0 atom stereocenters. The van der Waals surface area contributed by atoms with Gasteiger partial charge in [-0.05, 0) is 82.3 Å². The monoisotopic (exact) mass is 553 g/mol. The van der Waals surface area contributed by atoms with Gasteiger partial charge in [0.1, 0.15) is 5.52 Å². The standard InChI is InChI=1S/C32H36FN7O/c1-4-20-13-22(14-20)40-28-15-21(5-6-23(28)32(31(40)41)8-11-34-12-9-32)26-16-27-29(39(18-36-27)19(2)3)30(38-26)37-25-7-10-35-17-24(25)33/h5-7,10,15-20,22,34H,4,8-9,11-14H2,1-3H3,(H,35,37,38). The van der Waals surface area contributed by atoms with Gasteiger partial charge >= 0.3 is 0 Å². The topological polar surface area (TPSA) is 88.0 Å². The van der Waals surface area contributed by atoms with Gasteiger partial charge in [0, 0.05) is 29.5 Å². The number of hydrogen-bond donors (Lipinski definition) is 2. The summed E-state index contributed by atoms with van der Waals surface area (Å²) >= 11 is 0. The highest BCUT2D eigenvalue weighted by Crippen LogP contribution is 2.52. The number of piperidine rings is 1. The van der Waals surface area contributed by atoms with Crippen molar-refractivity contribution in [1.29, 1.82) is 0 Å². The van der Waals surface area contributed by atoms with Gasteiger partial charge in [0.25, 0.3) is 0 Å². The normalized spacial score (nSPS) is 21.5. The van der Waals surface area contributed by atoms with Gasteiger partial charge in [0.15, 0.2) is 11.6 Å². The number of carbonyl (C=O) groups is 1. The number of aromatic nitrogens is 4. The number of hydrogen-bond acceptors (Lipinski definition) is 6. The lowest BCUT2D eigenvalue weighted by Gasteiger charge is -2.42. The molecule has 5 heterocycles. The Morgan fingerprint density at radius 1 is 1.17 bits per heavy atom. The number of amides is 1. The van der Waals surface area contributed by atoms with E-state index in [1.165, 1.54) is 6.20 Å². The SMILES string of the molecule is CCC1CC(N2C(=O)C3(CCNCC3)c3ccc(-c4cc5ncn(C(C)C)c5c(Nc5ccncc5F)n4)cc32)C1. The quantitative estimate of drug-likeness (QED) is 0.299. The summed E-state index contributed by atoms with van der Waals surface area (Å²) in [5.41, 5.74) is 5.25.